The maximum Gasteiger partial charge on any atom is 0.303 e. The van der Waals surface area contributed by atoms with E-state index in [1.165, 1.54) is 11.8 Å². The van der Waals surface area contributed by atoms with Crippen LogP contribution in [0.25, 0.3) is 5.57 Å². The van der Waals surface area contributed by atoms with E-state index >= 15 is 0 Å². The van der Waals surface area contributed by atoms with Gasteiger partial charge in [0.05, 0.1) is 18.2 Å². The third-order valence-electron chi connectivity index (χ3n) is 11.8. The quantitative estimate of drug-likeness (QED) is 0.112. The lowest BCUT2D eigenvalue weighted by molar-refractivity contribution is -0.144. The van der Waals surface area contributed by atoms with E-state index < -0.39 is 80.3 Å². The topological polar surface area (TPSA) is 218 Å². The standard InChI is InChI=1S/C47H62N6O8Si/c1-26(2)22-35(44(58)49-31-16-18-34-39(25-31)62(7,8)38-24-30(48)15-17-33(38)42(34)32-13-10-9-12-28(32)5)50-45(59)36(23-27(3)4)51-46(60)37-14-11-21-53(37)47(61)43(29(6)54)52-40(55)19-20-41(56)57/h9-10,12-13,15-18,24-27,29,35-37,43,48,54H,11,14,19-23H2,1-8H3,(H,49,58)(H,50,59)(H,51,60)(H,52,55)(H,56,57)/t29?,35-,36-,37-,43-/m0/s1. The highest BCUT2D eigenvalue weighted by molar-refractivity contribution is 6.98. The van der Waals surface area contributed by atoms with Crippen LogP contribution >= 0.6 is 0 Å². The van der Waals surface area contributed by atoms with Crippen LogP contribution in [0.2, 0.25) is 13.1 Å². The second kappa shape index (κ2) is 20.0. The third-order valence-corrected chi connectivity index (χ3v) is 15.3. The summed E-state index contributed by atoms with van der Waals surface area (Å²) in [5.41, 5.74) is 6.55. The summed E-state index contributed by atoms with van der Waals surface area (Å²) in [5, 5.41) is 41.4. The molecule has 0 radical (unpaired) electrons. The fourth-order valence-electron chi connectivity index (χ4n) is 8.58. The van der Waals surface area contributed by atoms with Crippen LogP contribution in [-0.4, -0.2) is 101 Å². The normalized spacial score (nSPS) is 18.6. The Hall–Kier alpha value is -5.67. The number of aliphatic hydroxyl groups is 1. The number of carbonyl (C=O) groups excluding carboxylic acids is 5. The molecule has 5 atom stereocenters. The minimum absolute atomic E-state index is 0.0189. The zero-order valence-corrected chi connectivity index (χ0v) is 38.1. The Morgan fingerprint density at radius 2 is 1.52 bits per heavy atom. The molecule has 1 fully saturated rings. The molecule has 5 rings (SSSR count). The van der Waals surface area contributed by atoms with Crippen molar-refractivity contribution in [1.82, 2.24) is 20.9 Å². The minimum Gasteiger partial charge on any atom is -0.481 e. The molecule has 0 saturated carbocycles. The first-order valence-electron chi connectivity index (χ1n) is 21.5. The first kappa shape index (κ1) is 47.4. The Morgan fingerprint density at radius 3 is 2.15 bits per heavy atom. The van der Waals surface area contributed by atoms with E-state index in [4.69, 9.17) is 10.5 Å². The van der Waals surface area contributed by atoms with E-state index in [0.29, 0.717) is 24.2 Å². The lowest BCUT2D eigenvalue weighted by Crippen LogP contribution is -2.59. The summed E-state index contributed by atoms with van der Waals surface area (Å²) >= 11 is 0. The van der Waals surface area contributed by atoms with E-state index in [2.05, 4.69) is 59.5 Å². The second-order valence-corrected chi connectivity index (χ2v) is 22.4. The number of carbonyl (C=O) groups is 6. The van der Waals surface area contributed by atoms with E-state index in [1.54, 1.807) is 0 Å². The number of anilines is 1. The molecule has 1 saturated heterocycles. The number of hydrogen-bond acceptors (Lipinski definition) is 8. The average Bonchev–Trinajstić information content (AvgIpc) is 3.70. The van der Waals surface area contributed by atoms with Crippen molar-refractivity contribution in [2.24, 2.45) is 11.8 Å². The molecule has 3 aliphatic rings. The van der Waals surface area contributed by atoms with Crippen molar-refractivity contribution in [2.75, 3.05) is 11.9 Å². The van der Waals surface area contributed by atoms with Crippen LogP contribution in [0.15, 0.2) is 71.5 Å². The average molecular weight is 867 g/mol. The zero-order chi connectivity index (χ0) is 45.6. The lowest BCUT2D eigenvalue weighted by atomic mass is 9.87. The molecule has 2 aromatic rings. The van der Waals surface area contributed by atoms with Gasteiger partial charge in [-0.1, -0.05) is 77.2 Å². The van der Waals surface area contributed by atoms with Gasteiger partial charge in [0.25, 0.3) is 0 Å². The number of likely N-dealkylation sites (tertiary alicyclic amines) is 1. The largest absolute Gasteiger partial charge is 0.481 e. The van der Waals surface area contributed by atoms with Gasteiger partial charge in [-0.3, -0.25) is 28.8 Å². The molecule has 1 unspecified atom stereocenters. The Morgan fingerprint density at radius 1 is 0.855 bits per heavy atom. The second-order valence-electron chi connectivity index (χ2n) is 18.1. The predicted octanol–water partition coefficient (Wildman–Crippen LogP) is 4.50. The summed E-state index contributed by atoms with van der Waals surface area (Å²) in [6, 6.07) is 9.83. The van der Waals surface area contributed by atoms with Crippen molar-refractivity contribution in [1.29, 1.82) is 5.41 Å². The van der Waals surface area contributed by atoms with Gasteiger partial charge in [-0.2, -0.15) is 0 Å². The molecule has 2 aromatic carbocycles. The first-order valence-corrected chi connectivity index (χ1v) is 24.5. The van der Waals surface area contributed by atoms with Crippen LogP contribution in [0.1, 0.15) is 89.8 Å². The number of carboxylic acids is 1. The Balaban J connectivity index is 1.35. The minimum atomic E-state index is -2.39. The van der Waals surface area contributed by atoms with Gasteiger partial charge in [0.1, 0.15) is 32.2 Å². The number of carboxylic acid groups (broad SMARTS) is 1. The van der Waals surface area contributed by atoms with Gasteiger partial charge >= 0.3 is 5.97 Å². The molecule has 62 heavy (non-hydrogen) atoms. The van der Waals surface area contributed by atoms with E-state index in [0.717, 1.165) is 38.2 Å². The van der Waals surface area contributed by atoms with Crippen molar-refractivity contribution < 1.29 is 39.0 Å². The van der Waals surface area contributed by atoms with Crippen LogP contribution in [0, 0.1) is 24.2 Å². The van der Waals surface area contributed by atoms with E-state index in [1.807, 2.05) is 70.2 Å². The molecule has 1 aliphatic carbocycles. The van der Waals surface area contributed by atoms with Crippen LogP contribution in [-0.2, 0) is 28.8 Å². The highest BCUT2D eigenvalue weighted by Crippen LogP contribution is 2.42. The Bertz CT molecular complexity index is 2210. The number of aliphatic carboxylic acids is 1. The van der Waals surface area contributed by atoms with Crippen molar-refractivity contribution >= 4 is 65.7 Å². The summed E-state index contributed by atoms with van der Waals surface area (Å²) in [6.45, 7) is 15.8. The molecule has 2 heterocycles. The molecule has 14 nitrogen and oxygen atoms in total. The SMILES string of the molecule is Cc1ccccc1C1=C2C=CC(=N)C=C2[Si](C)(C)c2cc(NC(=O)[C@H](CC(C)C)NC(=O)[C@H](CC(C)C)NC(=O)[C@@H]3CCCN3C(=O)[C@@H](NC(=O)CCC(=O)O)C(C)O)ccc21. The summed E-state index contributed by atoms with van der Waals surface area (Å²) in [5.74, 6) is -4.15. The van der Waals surface area contributed by atoms with Crippen LogP contribution < -0.4 is 26.5 Å². The molecule has 7 N–H and O–H groups in total. The smallest absolute Gasteiger partial charge is 0.303 e. The van der Waals surface area contributed by atoms with Gasteiger partial charge in [-0.25, -0.2) is 0 Å². The fraction of sp³-hybridized carbons (Fsp3) is 0.468. The molecule has 2 aliphatic heterocycles. The summed E-state index contributed by atoms with van der Waals surface area (Å²) in [7, 11) is -2.39. The first-order chi connectivity index (χ1) is 29.2. The van der Waals surface area contributed by atoms with Crippen LogP contribution in [0.3, 0.4) is 0 Å². The van der Waals surface area contributed by atoms with Crippen molar-refractivity contribution in [3.63, 3.8) is 0 Å². The molecule has 0 bridgehead atoms. The summed E-state index contributed by atoms with van der Waals surface area (Å²) < 4.78 is 0. The number of amides is 5. The maximum absolute atomic E-state index is 14.2. The van der Waals surface area contributed by atoms with Gasteiger partial charge in [0.2, 0.25) is 29.5 Å². The van der Waals surface area contributed by atoms with Gasteiger partial charge in [0.15, 0.2) is 0 Å². The molecule has 5 amide bonds. The van der Waals surface area contributed by atoms with Crippen molar-refractivity contribution in [3.05, 3.63) is 88.2 Å². The molecule has 0 spiro atoms. The van der Waals surface area contributed by atoms with Gasteiger partial charge in [-0.15, -0.1) is 0 Å². The number of hydrogen-bond donors (Lipinski definition) is 7. The van der Waals surface area contributed by atoms with Gasteiger partial charge < -0.3 is 41.8 Å². The Kier molecular flexibility index (Phi) is 15.3. The van der Waals surface area contributed by atoms with Crippen LogP contribution in [0.4, 0.5) is 5.69 Å². The molecule has 0 aromatic heterocycles. The number of rotatable bonds is 17. The van der Waals surface area contributed by atoms with Crippen molar-refractivity contribution in [3.8, 4) is 0 Å². The number of allylic oxidation sites excluding steroid dienone is 5. The molecule has 332 valence electrons. The highest BCUT2D eigenvalue weighted by atomic mass is 28.3. The number of aliphatic hydroxyl groups excluding tert-OH is 1. The zero-order valence-electron chi connectivity index (χ0n) is 37.1. The summed E-state index contributed by atoms with van der Waals surface area (Å²) in [6.07, 6.45) is 4.99. The number of aryl methyl sites for hydroxylation is 1. The Labute approximate surface area is 365 Å². The van der Waals surface area contributed by atoms with Crippen molar-refractivity contribution in [2.45, 2.75) is 123 Å². The molecule has 15 heteroatoms. The monoisotopic (exact) mass is 866 g/mol. The maximum atomic E-state index is 14.2. The third kappa shape index (κ3) is 11.0. The van der Waals surface area contributed by atoms with Gasteiger partial charge in [-0.05, 0) is 114 Å². The van der Waals surface area contributed by atoms with E-state index in [9.17, 15) is 33.9 Å². The number of nitrogens with zero attached hydrogens (tertiary/aromatic N) is 1. The molecular formula is C47H62N6O8Si. The highest BCUT2D eigenvalue weighted by Gasteiger charge is 2.42. The predicted molar refractivity (Wildman–Crippen MR) is 242 cm³/mol. The van der Waals surface area contributed by atoms with Gasteiger partial charge in [0, 0.05) is 18.7 Å². The number of benzene rings is 2. The lowest BCUT2D eigenvalue weighted by Gasteiger charge is -2.38. The van der Waals surface area contributed by atoms with Crippen LogP contribution in [0.5, 0.6) is 0 Å². The number of nitrogens with one attached hydrogen (secondary N) is 5. The number of fused-ring (bicyclic) bond motifs is 2. The molecular weight excluding hydrogens is 805 g/mol. The fourth-order valence-corrected chi connectivity index (χ4v) is 11.7. The summed E-state index contributed by atoms with van der Waals surface area (Å²) in [4.78, 5) is 80.5. The van der Waals surface area contributed by atoms with E-state index in [-0.39, 0.29) is 37.6 Å².